The van der Waals surface area contributed by atoms with Crippen LogP contribution in [0.5, 0.6) is 0 Å². The zero-order chi connectivity index (χ0) is 20.1. The Morgan fingerprint density at radius 1 is 1.22 bits per heavy atom. The SMILES string of the molecule is CC(C)CC(NC(=O)C1CCN(C(=O)c2ccc(F)cc2F)CC1)C(=O)O. The molecule has 1 aliphatic rings. The van der Waals surface area contributed by atoms with E-state index >= 15 is 0 Å². The zero-order valence-corrected chi connectivity index (χ0v) is 15.4. The number of carbonyl (C=O) groups excluding carboxylic acids is 2. The maximum Gasteiger partial charge on any atom is 0.326 e. The van der Waals surface area contributed by atoms with Crippen LogP contribution in [0, 0.1) is 23.5 Å². The highest BCUT2D eigenvalue weighted by Gasteiger charge is 2.31. The molecule has 0 radical (unpaired) electrons. The summed E-state index contributed by atoms with van der Waals surface area (Å²) in [5.41, 5.74) is -0.206. The number of hydrogen-bond donors (Lipinski definition) is 2. The summed E-state index contributed by atoms with van der Waals surface area (Å²) < 4.78 is 26.8. The molecule has 0 saturated carbocycles. The average molecular weight is 382 g/mol. The van der Waals surface area contributed by atoms with Crippen molar-refractivity contribution in [3.8, 4) is 0 Å². The van der Waals surface area contributed by atoms with E-state index in [0.717, 1.165) is 12.1 Å². The molecule has 1 fully saturated rings. The Balaban J connectivity index is 1.93. The fourth-order valence-electron chi connectivity index (χ4n) is 3.16. The van der Waals surface area contributed by atoms with Gasteiger partial charge in [0.05, 0.1) is 5.56 Å². The smallest absolute Gasteiger partial charge is 0.326 e. The molecule has 27 heavy (non-hydrogen) atoms. The van der Waals surface area contributed by atoms with Crippen LogP contribution in [0.15, 0.2) is 18.2 Å². The number of carboxylic acids is 1. The van der Waals surface area contributed by atoms with Gasteiger partial charge in [0.1, 0.15) is 17.7 Å². The van der Waals surface area contributed by atoms with Crippen molar-refractivity contribution in [3.63, 3.8) is 0 Å². The zero-order valence-electron chi connectivity index (χ0n) is 15.4. The summed E-state index contributed by atoms with van der Waals surface area (Å²) in [6.07, 6.45) is 1.05. The van der Waals surface area contributed by atoms with Gasteiger partial charge in [-0.05, 0) is 37.3 Å². The number of carboxylic acid groups (broad SMARTS) is 1. The van der Waals surface area contributed by atoms with E-state index < -0.39 is 35.5 Å². The summed E-state index contributed by atoms with van der Waals surface area (Å²) in [6, 6.07) is 1.85. The summed E-state index contributed by atoms with van der Waals surface area (Å²) in [5.74, 6) is -3.92. The number of nitrogens with one attached hydrogen (secondary N) is 1. The minimum absolute atomic E-state index is 0.122. The fraction of sp³-hybridized carbons (Fsp3) is 0.526. The molecule has 0 aliphatic carbocycles. The Kier molecular flexibility index (Phi) is 6.87. The maximum absolute atomic E-state index is 13.8. The molecule has 1 aliphatic heterocycles. The number of halogens is 2. The van der Waals surface area contributed by atoms with Gasteiger partial charge < -0.3 is 15.3 Å². The summed E-state index contributed by atoms with van der Waals surface area (Å²) in [6.45, 7) is 4.24. The molecular formula is C19H24F2N2O4. The van der Waals surface area contributed by atoms with Crippen molar-refractivity contribution in [3.05, 3.63) is 35.4 Å². The van der Waals surface area contributed by atoms with Crippen molar-refractivity contribution in [1.82, 2.24) is 10.2 Å². The molecule has 148 valence electrons. The van der Waals surface area contributed by atoms with Crippen LogP contribution in [0.25, 0.3) is 0 Å². The summed E-state index contributed by atoms with van der Waals surface area (Å²) in [5, 5.41) is 11.8. The molecule has 1 atom stereocenters. The first-order valence-electron chi connectivity index (χ1n) is 8.96. The molecule has 2 amide bonds. The Morgan fingerprint density at radius 3 is 2.37 bits per heavy atom. The second-order valence-corrected chi connectivity index (χ2v) is 7.22. The molecule has 1 heterocycles. The van der Waals surface area contributed by atoms with Crippen LogP contribution in [-0.2, 0) is 9.59 Å². The molecule has 1 aromatic carbocycles. The van der Waals surface area contributed by atoms with E-state index in [-0.39, 0.29) is 30.5 Å². The van der Waals surface area contributed by atoms with Gasteiger partial charge in [-0.1, -0.05) is 13.8 Å². The van der Waals surface area contributed by atoms with Gasteiger partial charge in [0.2, 0.25) is 5.91 Å². The predicted molar refractivity (Wildman–Crippen MR) is 94.0 cm³/mol. The van der Waals surface area contributed by atoms with E-state index in [1.54, 1.807) is 0 Å². The lowest BCUT2D eigenvalue weighted by Crippen LogP contribution is -2.48. The molecule has 0 spiro atoms. The summed E-state index contributed by atoms with van der Waals surface area (Å²) >= 11 is 0. The van der Waals surface area contributed by atoms with Gasteiger partial charge in [-0.3, -0.25) is 9.59 Å². The number of rotatable bonds is 6. The van der Waals surface area contributed by atoms with E-state index in [1.165, 1.54) is 4.90 Å². The van der Waals surface area contributed by atoms with Crippen LogP contribution in [0.3, 0.4) is 0 Å². The molecule has 1 unspecified atom stereocenters. The lowest BCUT2D eigenvalue weighted by atomic mass is 9.94. The highest BCUT2D eigenvalue weighted by Crippen LogP contribution is 2.21. The molecular weight excluding hydrogens is 358 g/mol. The van der Waals surface area contributed by atoms with Crippen molar-refractivity contribution in [2.45, 2.75) is 39.2 Å². The minimum atomic E-state index is -1.07. The molecule has 1 aromatic rings. The van der Waals surface area contributed by atoms with Crippen molar-refractivity contribution >= 4 is 17.8 Å². The molecule has 6 nitrogen and oxygen atoms in total. The average Bonchev–Trinajstić information content (AvgIpc) is 2.60. The Hall–Kier alpha value is -2.51. The van der Waals surface area contributed by atoms with Crippen molar-refractivity contribution in [2.75, 3.05) is 13.1 Å². The number of carbonyl (C=O) groups is 3. The van der Waals surface area contributed by atoms with E-state index in [9.17, 15) is 28.3 Å². The van der Waals surface area contributed by atoms with Gasteiger partial charge in [-0.25, -0.2) is 13.6 Å². The lowest BCUT2D eigenvalue weighted by Gasteiger charge is -2.32. The maximum atomic E-state index is 13.8. The summed E-state index contributed by atoms with van der Waals surface area (Å²) in [7, 11) is 0. The largest absolute Gasteiger partial charge is 0.480 e. The molecule has 2 N–H and O–H groups in total. The van der Waals surface area contributed by atoms with E-state index in [2.05, 4.69) is 5.32 Å². The molecule has 0 bridgehead atoms. The van der Waals surface area contributed by atoms with Crippen molar-refractivity contribution in [1.29, 1.82) is 0 Å². The highest BCUT2D eigenvalue weighted by molar-refractivity contribution is 5.94. The van der Waals surface area contributed by atoms with Gasteiger partial charge in [0.15, 0.2) is 0 Å². The molecule has 8 heteroatoms. The van der Waals surface area contributed by atoms with E-state index in [1.807, 2.05) is 13.8 Å². The second-order valence-electron chi connectivity index (χ2n) is 7.22. The normalized spacial score (nSPS) is 16.3. The number of aliphatic carboxylic acids is 1. The van der Waals surface area contributed by atoms with Crippen molar-refractivity contribution < 1.29 is 28.3 Å². The third-order valence-corrected chi connectivity index (χ3v) is 4.64. The predicted octanol–water partition coefficient (Wildman–Crippen LogP) is 2.43. The van der Waals surface area contributed by atoms with E-state index in [4.69, 9.17) is 0 Å². The topological polar surface area (TPSA) is 86.7 Å². The number of piperidine rings is 1. The van der Waals surface area contributed by atoms with Crippen LogP contribution in [0.4, 0.5) is 8.78 Å². The van der Waals surface area contributed by atoms with E-state index in [0.29, 0.717) is 25.3 Å². The van der Waals surface area contributed by atoms with Gasteiger partial charge in [-0.2, -0.15) is 0 Å². The quantitative estimate of drug-likeness (QED) is 0.791. The van der Waals surface area contributed by atoms with Crippen LogP contribution >= 0.6 is 0 Å². The van der Waals surface area contributed by atoms with Crippen LogP contribution in [0.2, 0.25) is 0 Å². The van der Waals surface area contributed by atoms with Crippen molar-refractivity contribution in [2.24, 2.45) is 11.8 Å². The van der Waals surface area contributed by atoms with Crippen LogP contribution in [0.1, 0.15) is 43.5 Å². The lowest BCUT2D eigenvalue weighted by molar-refractivity contribution is -0.143. The standard InChI is InChI=1S/C19H24F2N2O4/c1-11(2)9-16(19(26)27)22-17(24)12-5-7-23(8-6-12)18(25)14-4-3-13(20)10-15(14)21/h3-4,10-12,16H,5-9H2,1-2H3,(H,22,24)(H,26,27). The fourth-order valence-corrected chi connectivity index (χ4v) is 3.16. The molecule has 1 saturated heterocycles. The Bertz CT molecular complexity index is 716. The second kappa shape index (κ2) is 8.92. The van der Waals surface area contributed by atoms with Gasteiger partial charge in [-0.15, -0.1) is 0 Å². The number of hydrogen-bond acceptors (Lipinski definition) is 3. The number of nitrogens with zero attached hydrogens (tertiary/aromatic N) is 1. The minimum Gasteiger partial charge on any atom is -0.480 e. The van der Waals surface area contributed by atoms with Gasteiger partial charge in [0, 0.05) is 25.1 Å². The Labute approximate surface area is 156 Å². The summed E-state index contributed by atoms with van der Waals surface area (Å²) in [4.78, 5) is 37.4. The Morgan fingerprint density at radius 2 is 1.85 bits per heavy atom. The highest BCUT2D eigenvalue weighted by atomic mass is 19.1. The van der Waals surface area contributed by atoms with Gasteiger partial charge >= 0.3 is 5.97 Å². The third-order valence-electron chi connectivity index (χ3n) is 4.64. The number of benzene rings is 1. The first kappa shape index (κ1) is 20.8. The molecule has 2 rings (SSSR count). The number of amides is 2. The van der Waals surface area contributed by atoms with Crippen LogP contribution in [-0.4, -0.2) is 46.9 Å². The third kappa shape index (κ3) is 5.48. The van der Waals surface area contributed by atoms with Crippen LogP contribution < -0.4 is 5.32 Å². The first-order valence-corrected chi connectivity index (χ1v) is 8.96. The van der Waals surface area contributed by atoms with Gasteiger partial charge in [0.25, 0.3) is 5.91 Å². The first-order chi connectivity index (χ1) is 12.7. The molecule has 0 aromatic heterocycles. The monoisotopic (exact) mass is 382 g/mol. The number of likely N-dealkylation sites (tertiary alicyclic amines) is 1.